The number of methoxy groups -OCH3 is 2. The summed E-state index contributed by atoms with van der Waals surface area (Å²) in [7, 11) is 3.24. The van der Waals surface area contributed by atoms with Crippen molar-refractivity contribution in [1.82, 2.24) is 0 Å². The molecule has 1 aliphatic heterocycles. The first kappa shape index (κ1) is 16.2. The second kappa shape index (κ2) is 7.25. The number of aryl methyl sites for hydroxylation is 1. The lowest BCUT2D eigenvalue weighted by atomic mass is 10.0. The number of carbonyl (C=O) groups is 1. The monoisotopic (exact) mass is 327 g/mol. The number of nitrogens with zero attached hydrogens (tertiary/aromatic N) is 1. The molecule has 0 radical (unpaired) electrons. The van der Waals surface area contributed by atoms with Crippen LogP contribution in [0, 0.1) is 0 Å². The quantitative estimate of drug-likeness (QED) is 0.847. The summed E-state index contributed by atoms with van der Waals surface area (Å²) in [5, 5.41) is 0. The number of rotatable bonds is 5. The van der Waals surface area contributed by atoms with Crippen molar-refractivity contribution in [3.63, 3.8) is 0 Å². The van der Waals surface area contributed by atoms with Gasteiger partial charge in [-0.15, -0.1) is 0 Å². The van der Waals surface area contributed by atoms with Gasteiger partial charge in [-0.3, -0.25) is 4.79 Å². The van der Waals surface area contributed by atoms with E-state index < -0.39 is 0 Å². The Balaban J connectivity index is 1.72. The number of amides is 1. The van der Waals surface area contributed by atoms with Crippen molar-refractivity contribution in [3.8, 4) is 17.2 Å². The van der Waals surface area contributed by atoms with Gasteiger partial charge >= 0.3 is 0 Å². The summed E-state index contributed by atoms with van der Waals surface area (Å²) >= 11 is 0. The van der Waals surface area contributed by atoms with Gasteiger partial charge in [-0.05, 0) is 48.7 Å². The lowest BCUT2D eigenvalue weighted by molar-refractivity contribution is -0.120. The average molecular weight is 327 g/mol. The number of carbonyl (C=O) groups excluding carboxylic acids is 1. The molecular weight excluding hydrogens is 306 g/mol. The van der Waals surface area contributed by atoms with Gasteiger partial charge in [0.2, 0.25) is 0 Å². The van der Waals surface area contributed by atoms with Gasteiger partial charge in [-0.2, -0.15) is 0 Å². The molecule has 0 aromatic heterocycles. The van der Waals surface area contributed by atoms with Crippen molar-refractivity contribution in [1.29, 1.82) is 0 Å². The van der Waals surface area contributed by atoms with E-state index in [0.29, 0.717) is 12.3 Å². The molecule has 0 saturated carbocycles. The highest BCUT2D eigenvalue weighted by atomic mass is 16.5. The number of para-hydroxylation sites is 1. The first-order valence-electron chi connectivity index (χ1n) is 7.96. The number of benzene rings is 2. The highest BCUT2D eigenvalue weighted by Gasteiger charge is 2.26. The van der Waals surface area contributed by atoms with Crippen molar-refractivity contribution in [2.75, 3.05) is 32.3 Å². The third kappa shape index (κ3) is 3.30. The minimum atomic E-state index is -0.0729. The molecule has 0 aliphatic carbocycles. The Kier molecular flexibility index (Phi) is 4.89. The van der Waals surface area contributed by atoms with Gasteiger partial charge in [0.15, 0.2) is 6.61 Å². The Morgan fingerprint density at radius 3 is 2.50 bits per heavy atom. The second-order valence-corrected chi connectivity index (χ2v) is 5.58. The van der Waals surface area contributed by atoms with Crippen LogP contribution in [0.1, 0.15) is 12.0 Å². The summed E-state index contributed by atoms with van der Waals surface area (Å²) in [4.78, 5) is 14.4. The standard InChI is InChI=1S/C19H21NO4/c1-22-15-8-10-16(11-9-15)24-13-18(21)20-12-4-6-14-5-3-7-17(23-2)19(14)20/h3,5,7-11H,4,6,12-13H2,1-2H3. The van der Waals surface area contributed by atoms with Crippen LogP contribution in [0.4, 0.5) is 5.69 Å². The van der Waals surface area contributed by atoms with E-state index in [1.807, 2.05) is 18.2 Å². The molecule has 3 rings (SSSR count). The zero-order chi connectivity index (χ0) is 16.9. The molecule has 0 unspecified atom stereocenters. The first-order chi connectivity index (χ1) is 11.7. The lowest BCUT2D eigenvalue weighted by Crippen LogP contribution is -2.38. The van der Waals surface area contributed by atoms with Gasteiger partial charge in [-0.1, -0.05) is 12.1 Å². The number of ether oxygens (including phenoxy) is 3. The Hall–Kier alpha value is -2.69. The number of fused-ring (bicyclic) bond motifs is 1. The van der Waals surface area contributed by atoms with Gasteiger partial charge < -0.3 is 19.1 Å². The van der Waals surface area contributed by atoms with Crippen LogP contribution in [0.25, 0.3) is 0 Å². The fourth-order valence-corrected chi connectivity index (χ4v) is 2.92. The summed E-state index contributed by atoms with van der Waals surface area (Å²) in [6.45, 7) is 0.669. The Labute approximate surface area is 141 Å². The largest absolute Gasteiger partial charge is 0.497 e. The minimum Gasteiger partial charge on any atom is -0.497 e. The Bertz CT molecular complexity index is 698. The molecule has 1 heterocycles. The highest BCUT2D eigenvalue weighted by molar-refractivity contribution is 5.97. The first-order valence-corrected chi connectivity index (χ1v) is 7.96. The predicted molar refractivity (Wildman–Crippen MR) is 92.2 cm³/mol. The van der Waals surface area contributed by atoms with Crippen molar-refractivity contribution >= 4 is 11.6 Å². The highest BCUT2D eigenvalue weighted by Crippen LogP contribution is 2.36. The molecule has 0 bridgehead atoms. The molecule has 1 amide bonds. The number of anilines is 1. The maximum Gasteiger partial charge on any atom is 0.265 e. The maximum atomic E-state index is 12.6. The zero-order valence-electron chi connectivity index (χ0n) is 14.0. The van der Waals surface area contributed by atoms with Crippen LogP contribution in [0.3, 0.4) is 0 Å². The van der Waals surface area contributed by atoms with Gasteiger partial charge in [0.05, 0.1) is 19.9 Å². The van der Waals surface area contributed by atoms with E-state index in [1.54, 1.807) is 43.4 Å². The SMILES string of the molecule is COc1ccc(OCC(=O)N2CCCc3cccc(OC)c32)cc1. The number of hydrogen-bond acceptors (Lipinski definition) is 4. The van der Waals surface area contributed by atoms with E-state index in [0.717, 1.165) is 35.6 Å². The molecule has 0 atom stereocenters. The van der Waals surface area contributed by atoms with Gasteiger partial charge in [0.25, 0.3) is 5.91 Å². The van der Waals surface area contributed by atoms with E-state index in [-0.39, 0.29) is 12.5 Å². The van der Waals surface area contributed by atoms with Gasteiger partial charge in [0.1, 0.15) is 17.2 Å². The fourth-order valence-electron chi connectivity index (χ4n) is 2.92. The van der Waals surface area contributed by atoms with E-state index >= 15 is 0 Å². The van der Waals surface area contributed by atoms with Crippen molar-refractivity contribution < 1.29 is 19.0 Å². The molecule has 0 saturated heterocycles. The summed E-state index contributed by atoms with van der Waals surface area (Å²) in [5.74, 6) is 2.05. The predicted octanol–water partition coefficient (Wildman–Crippen LogP) is 3.06. The molecule has 24 heavy (non-hydrogen) atoms. The summed E-state index contributed by atoms with van der Waals surface area (Å²) in [5.41, 5.74) is 2.01. The van der Waals surface area contributed by atoms with E-state index in [4.69, 9.17) is 14.2 Å². The molecule has 0 spiro atoms. The van der Waals surface area contributed by atoms with Gasteiger partial charge in [-0.25, -0.2) is 0 Å². The summed E-state index contributed by atoms with van der Waals surface area (Å²) < 4.78 is 16.2. The second-order valence-electron chi connectivity index (χ2n) is 5.58. The van der Waals surface area contributed by atoms with E-state index in [1.165, 1.54) is 0 Å². The average Bonchev–Trinajstić information content (AvgIpc) is 2.65. The van der Waals surface area contributed by atoms with Crippen LogP contribution < -0.4 is 19.1 Å². The zero-order valence-corrected chi connectivity index (χ0v) is 14.0. The molecule has 5 nitrogen and oxygen atoms in total. The van der Waals surface area contributed by atoms with E-state index in [2.05, 4.69) is 0 Å². The van der Waals surface area contributed by atoms with Crippen molar-refractivity contribution in [3.05, 3.63) is 48.0 Å². The fraction of sp³-hybridized carbons (Fsp3) is 0.316. The molecule has 0 N–H and O–H groups in total. The molecular formula is C19H21NO4. The smallest absolute Gasteiger partial charge is 0.265 e. The topological polar surface area (TPSA) is 48.0 Å². The maximum absolute atomic E-state index is 12.6. The third-order valence-corrected chi connectivity index (χ3v) is 4.12. The Morgan fingerprint density at radius 1 is 1.04 bits per heavy atom. The molecule has 0 fully saturated rings. The van der Waals surface area contributed by atoms with E-state index in [9.17, 15) is 4.79 Å². The van der Waals surface area contributed by atoms with Crippen molar-refractivity contribution in [2.24, 2.45) is 0 Å². The molecule has 2 aromatic carbocycles. The number of hydrogen-bond donors (Lipinski definition) is 0. The Morgan fingerprint density at radius 2 is 1.79 bits per heavy atom. The van der Waals surface area contributed by atoms with Crippen molar-refractivity contribution in [2.45, 2.75) is 12.8 Å². The van der Waals surface area contributed by atoms with Crippen LogP contribution >= 0.6 is 0 Å². The molecule has 5 heteroatoms. The normalized spacial score (nSPS) is 13.2. The molecule has 1 aliphatic rings. The van der Waals surface area contributed by atoms with Crippen LogP contribution in [-0.2, 0) is 11.2 Å². The van der Waals surface area contributed by atoms with Crippen LogP contribution in [0.5, 0.6) is 17.2 Å². The van der Waals surface area contributed by atoms with Gasteiger partial charge in [0, 0.05) is 6.54 Å². The summed E-state index contributed by atoms with van der Waals surface area (Å²) in [6, 6.07) is 13.1. The van der Waals surface area contributed by atoms with Crippen LogP contribution in [-0.4, -0.2) is 33.3 Å². The lowest BCUT2D eigenvalue weighted by Gasteiger charge is -2.30. The van der Waals surface area contributed by atoms with Crippen LogP contribution in [0.15, 0.2) is 42.5 Å². The minimum absolute atomic E-state index is 0.0101. The molecule has 126 valence electrons. The van der Waals surface area contributed by atoms with Crippen LogP contribution in [0.2, 0.25) is 0 Å². The molecule has 2 aromatic rings. The third-order valence-electron chi connectivity index (χ3n) is 4.12. The summed E-state index contributed by atoms with van der Waals surface area (Å²) in [6.07, 6.45) is 1.89.